The number of carbonyl (C=O) groups excluding carboxylic acids is 2. The van der Waals surface area contributed by atoms with E-state index in [0.717, 1.165) is 22.3 Å². The Balaban J connectivity index is 2.14. The van der Waals surface area contributed by atoms with E-state index in [2.05, 4.69) is 5.32 Å². The first-order chi connectivity index (χ1) is 10.8. The lowest BCUT2D eigenvalue weighted by molar-refractivity contribution is -0.119. The van der Waals surface area contributed by atoms with Crippen LogP contribution in [-0.2, 0) is 11.2 Å². The summed E-state index contributed by atoms with van der Waals surface area (Å²) in [5, 5.41) is 2.74. The summed E-state index contributed by atoms with van der Waals surface area (Å²) in [5.41, 5.74) is 10.1. The molecule has 0 radical (unpaired) electrons. The van der Waals surface area contributed by atoms with Crippen molar-refractivity contribution in [1.82, 2.24) is 5.32 Å². The lowest BCUT2D eigenvalue weighted by atomic mass is 10.0. The summed E-state index contributed by atoms with van der Waals surface area (Å²) in [6.07, 6.45) is 0.381. The standard InChI is InChI=1S/C19H22N2O2/c1-12-4-6-15(7-5-12)11-17(18(20)22)21-19(23)16-9-13(2)8-14(3)10-16/h4-10,17H,11H2,1-3H3,(H2,20,22)(H,21,23)/t17-/m0/s1. The number of rotatable bonds is 5. The van der Waals surface area contributed by atoms with E-state index in [1.807, 2.05) is 51.1 Å². The second kappa shape index (κ2) is 7.09. The molecular weight excluding hydrogens is 288 g/mol. The summed E-state index contributed by atoms with van der Waals surface area (Å²) in [4.78, 5) is 24.1. The molecule has 23 heavy (non-hydrogen) atoms. The van der Waals surface area contributed by atoms with Gasteiger partial charge >= 0.3 is 0 Å². The predicted molar refractivity (Wildman–Crippen MR) is 91.2 cm³/mol. The molecule has 0 unspecified atom stereocenters. The molecule has 1 atom stereocenters. The predicted octanol–water partition coefficient (Wildman–Crippen LogP) is 2.44. The molecule has 2 aromatic rings. The van der Waals surface area contributed by atoms with Crippen LogP contribution in [0.1, 0.15) is 32.6 Å². The highest BCUT2D eigenvalue weighted by Gasteiger charge is 2.19. The monoisotopic (exact) mass is 310 g/mol. The van der Waals surface area contributed by atoms with Crippen LogP contribution in [0.4, 0.5) is 0 Å². The van der Waals surface area contributed by atoms with E-state index in [-0.39, 0.29) is 5.91 Å². The zero-order chi connectivity index (χ0) is 17.0. The van der Waals surface area contributed by atoms with Crippen molar-refractivity contribution in [3.8, 4) is 0 Å². The van der Waals surface area contributed by atoms with Gasteiger partial charge in [0.25, 0.3) is 5.91 Å². The van der Waals surface area contributed by atoms with Crippen molar-refractivity contribution in [2.75, 3.05) is 0 Å². The highest BCUT2D eigenvalue weighted by atomic mass is 16.2. The lowest BCUT2D eigenvalue weighted by Gasteiger charge is -2.16. The zero-order valence-corrected chi connectivity index (χ0v) is 13.7. The van der Waals surface area contributed by atoms with Gasteiger partial charge in [-0.15, -0.1) is 0 Å². The number of aryl methyl sites for hydroxylation is 3. The number of nitrogens with two attached hydrogens (primary N) is 1. The molecule has 0 aromatic heterocycles. The Kier molecular flexibility index (Phi) is 5.16. The molecule has 0 aliphatic heterocycles. The van der Waals surface area contributed by atoms with Gasteiger partial charge in [-0.1, -0.05) is 47.0 Å². The quantitative estimate of drug-likeness (QED) is 0.890. The topological polar surface area (TPSA) is 72.2 Å². The number of amides is 2. The third-order valence-electron chi connectivity index (χ3n) is 3.69. The average Bonchev–Trinajstić information content (AvgIpc) is 2.47. The smallest absolute Gasteiger partial charge is 0.251 e. The van der Waals surface area contributed by atoms with Gasteiger partial charge in [0, 0.05) is 12.0 Å². The van der Waals surface area contributed by atoms with E-state index < -0.39 is 11.9 Å². The molecule has 0 bridgehead atoms. The lowest BCUT2D eigenvalue weighted by Crippen LogP contribution is -2.45. The normalized spacial score (nSPS) is 11.8. The second-order valence-corrected chi connectivity index (χ2v) is 5.99. The molecule has 4 heteroatoms. The molecule has 2 amide bonds. The molecule has 0 aliphatic rings. The fourth-order valence-electron chi connectivity index (χ4n) is 2.53. The zero-order valence-electron chi connectivity index (χ0n) is 13.7. The Bertz CT molecular complexity index is 700. The molecule has 0 saturated carbocycles. The molecular formula is C19H22N2O2. The molecule has 2 aromatic carbocycles. The van der Waals surface area contributed by atoms with Crippen LogP contribution in [0.25, 0.3) is 0 Å². The van der Waals surface area contributed by atoms with Gasteiger partial charge in [-0.25, -0.2) is 0 Å². The molecule has 0 spiro atoms. The number of nitrogens with one attached hydrogen (secondary N) is 1. The van der Waals surface area contributed by atoms with Crippen molar-refractivity contribution in [1.29, 1.82) is 0 Å². The minimum Gasteiger partial charge on any atom is -0.368 e. The van der Waals surface area contributed by atoms with Crippen LogP contribution in [-0.4, -0.2) is 17.9 Å². The van der Waals surface area contributed by atoms with E-state index in [4.69, 9.17) is 5.73 Å². The van der Waals surface area contributed by atoms with Crippen LogP contribution in [0.2, 0.25) is 0 Å². The van der Waals surface area contributed by atoms with E-state index in [9.17, 15) is 9.59 Å². The van der Waals surface area contributed by atoms with Gasteiger partial charge in [-0.2, -0.15) is 0 Å². The Morgan fingerprint density at radius 1 is 0.957 bits per heavy atom. The molecule has 4 nitrogen and oxygen atoms in total. The fourth-order valence-corrected chi connectivity index (χ4v) is 2.53. The Labute approximate surface area is 136 Å². The van der Waals surface area contributed by atoms with E-state index in [0.29, 0.717) is 12.0 Å². The average molecular weight is 310 g/mol. The van der Waals surface area contributed by atoms with Crippen LogP contribution >= 0.6 is 0 Å². The van der Waals surface area contributed by atoms with Gasteiger partial charge in [0.1, 0.15) is 6.04 Å². The fraction of sp³-hybridized carbons (Fsp3) is 0.263. The summed E-state index contributed by atoms with van der Waals surface area (Å²) in [7, 11) is 0. The molecule has 3 N–H and O–H groups in total. The minimum absolute atomic E-state index is 0.285. The molecule has 0 saturated heterocycles. The van der Waals surface area contributed by atoms with Crippen molar-refractivity contribution >= 4 is 11.8 Å². The van der Waals surface area contributed by atoms with Gasteiger partial charge in [0.15, 0.2) is 0 Å². The van der Waals surface area contributed by atoms with E-state index in [1.54, 1.807) is 12.1 Å². The third-order valence-corrected chi connectivity index (χ3v) is 3.69. The van der Waals surface area contributed by atoms with Crippen LogP contribution in [0.15, 0.2) is 42.5 Å². The molecule has 120 valence electrons. The summed E-state index contributed by atoms with van der Waals surface area (Å²) in [6, 6.07) is 12.7. The van der Waals surface area contributed by atoms with Gasteiger partial charge in [-0.3, -0.25) is 9.59 Å². The first-order valence-electron chi connectivity index (χ1n) is 7.59. The van der Waals surface area contributed by atoms with E-state index in [1.165, 1.54) is 0 Å². The maximum Gasteiger partial charge on any atom is 0.251 e. The van der Waals surface area contributed by atoms with Gasteiger partial charge in [0.2, 0.25) is 5.91 Å². The first kappa shape index (κ1) is 16.7. The second-order valence-electron chi connectivity index (χ2n) is 5.99. The highest BCUT2D eigenvalue weighted by Crippen LogP contribution is 2.10. The summed E-state index contributed by atoms with van der Waals surface area (Å²) < 4.78 is 0. The maximum atomic E-state index is 12.4. The first-order valence-corrected chi connectivity index (χ1v) is 7.59. The highest BCUT2D eigenvalue weighted by molar-refractivity contribution is 5.97. The maximum absolute atomic E-state index is 12.4. The van der Waals surface area contributed by atoms with Gasteiger partial charge < -0.3 is 11.1 Å². The number of carbonyl (C=O) groups is 2. The van der Waals surface area contributed by atoms with Crippen molar-refractivity contribution in [2.45, 2.75) is 33.2 Å². The van der Waals surface area contributed by atoms with Crippen molar-refractivity contribution < 1.29 is 9.59 Å². The number of hydrogen-bond acceptors (Lipinski definition) is 2. The van der Waals surface area contributed by atoms with Crippen molar-refractivity contribution in [2.24, 2.45) is 5.73 Å². The third kappa shape index (κ3) is 4.68. The Hall–Kier alpha value is -2.62. The van der Waals surface area contributed by atoms with Gasteiger partial charge in [-0.05, 0) is 38.5 Å². The van der Waals surface area contributed by atoms with E-state index >= 15 is 0 Å². The number of benzene rings is 2. The molecule has 2 rings (SSSR count). The van der Waals surface area contributed by atoms with Crippen molar-refractivity contribution in [3.05, 3.63) is 70.3 Å². The van der Waals surface area contributed by atoms with Crippen molar-refractivity contribution in [3.63, 3.8) is 0 Å². The molecule has 0 heterocycles. The molecule has 0 aliphatic carbocycles. The minimum atomic E-state index is -0.731. The van der Waals surface area contributed by atoms with Crippen LogP contribution in [0.5, 0.6) is 0 Å². The SMILES string of the molecule is Cc1ccc(C[C@H](NC(=O)c2cc(C)cc(C)c2)C(N)=O)cc1. The number of hydrogen-bond donors (Lipinski definition) is 2. The Morgan fingerprint density at radius 3 is 2.04 bits per heavy atom. The molecule has 0 fully saturated rings. The summed E-state index contributed by atoms with van der Waals surface area (Å²) in [6.45, 7) is 5.86. The summed E-state index contributed by atoms with van der Waals surface area (Å²) >= 11 is 0. The summed E-state index contributed by atoms with van der Waals surface area (Å²) in [5.74, 6) is -0.823. The van der Waals surface area contributed by atoms with Crippen LogP contribution in [0, 0.1) is 20.8 Å². The largest absolute Gasteiger partial charge is 0.368 e. The van der Waals surface area contributed by atoms with Crippen LogP contribution < -0.4 is 11.1 Å². The number of primary amides is 1. The Morgan fingerprint density at radius 2 is 1.52 bits per heavy atom. The van der Waals surface area contributed by atoms with Crippen LogP contribution in [0.3, 0.4) is 0 Å². The van der Waals surface area contributed by atoms with Gasteiger partial charge in [0.05, 0.1) is 0 Å².